The first-order valence-electron chi connectivity index (χ1n) is 8.04. The van der Waals surface area contributed by atoms with E-state index in [4.69, 9.17) is 4.74 Å². The minimum Gasteiger partial charge on any atom is -0.373 e. The summed E-state index contributed by atoms with van der Waals surface area (Å²) in [4.78, 5) is 6.48. The second-order valence-electron chi connectivity index (χ2n) is 6.21. The molecular weight excluding hydrogens is 272 g/mol. The Kier molecular flexibility index (Phi) is 5.20. The van der Waals surface area contributed by atoms with E-state index in [1.807, 2.05) is 24.5 Å². The number of piperidine rings is 1. The zero-order valence-corrected chi connectivity index (χ0v) is 13.2. The third-order valence-electron chi connectivity index (χ3n) is 4.42. The Balaban J connectivity index is 1.62. The van der Waals surface area contributed by atoms with Crippen molar-refractivity contribution in [3.05, 3.63) is 66.0 Å². The zero-order chi connectivity index (χ0) is 15.2. The van der Waals surface area contributed by atoms with Gasteiger partial charge in [0, 0.05) is 31.4 Å². The van der Waals surface area contributed by atoms with Crippen molar-refractivity contribution in [3.8, 4) is 0 Å². The molecule has 0 N–H and O–H groups in total. The number of ether oxygens (including phenoxy) is 1. The molecule has 116 valence electrons. The molecule has 0 unspecified atom stereocenters. The van der Waals surface area contributed by atoms with Crippen LogP contribution >= 0.6 is 0 Å². The van der Waals surface area contributed by atoms with Gasteiger partial charge in [0.25, 0.3) is 0 Å². The van der Waals surface area contributed by atoms with E-state index in [-0.39, 0.29) is 0 Å². The van der Waals surface area contributed by atoms with Gasteiger partial charge >= 0.3 is 0 Å². The van der Waals surface area contributed by atoms with Crippen LogP contribution in [0.15, 0.2) is 54.9 Å². The van der Waals surface area contributed by atoms with E-state index in [9.17, 15) is 0 Å². The lowest BCUT2D eigenvalue weighted by molar-refractivity contribution is -0.0373. The molecular formula is C19H24N2O. The minimum atomic E-state index is 0.338. The van der Waals surface area contributed by atoms with E-state index in [0.29, 0.717) is 18.6 Å². The Morgan fingerprint density at radius 1 is 1.09 bits per heavy atom. The highest BCUT2D eigenvalue weighted by atomic mass is 16.5. The molecule has 1 aromatic heterocycles. The van der Waals surface area contributed by atoms with Crippen LogP contribution in [-0.4, -0.2) is 36.1 Å². The van der Waals surface area contributed by atoms with E-state index in [0.717, 1.165) is 25.9 Å². The van der Waals surface area contributed by atoms with E-state index in [1.165, 1.54) is 11.1 Å². The molecule has 0 bridgehead atoms. The smallest absolute Gasteiger partial charge is 0.0721 e. The van der Waals surface area contributed by atoms with Crippen LogP contribution in [0, 0.1) is 5.92 Å². The van der Waals surface area contributed by atoms with Crippen molar-refractivity contribution in [2.75, 3.05) is 20.1 Å². The lowest BCUT2D eigenvalue weighted by atomic mass is 9.89. The Bertz CT molecular complexity index is 558. The summed E-state index contributed by atoms with van der Waals surface area (Å²) in [5.74, 6) is 0.558. The molecule has 1 saturated heterocycles. The molecule has 0 radical (unpaired) electrons. The van der Waals surface area contributed by atoms with Gasteiger partial charge < -0.3 is 9.64 Å². The quantitative estimate of drug-likeness (QED) is 0.847. The molecule has 1 aliphatic rings. The van der Waals surface area contributed by atoms with Gasteiger partial charge in [-0.15, -0.1) is 0 Å². The van der Waals surface area contributed by atoms with Gasteiger partial charge in [0.2, 0.25) is 0 Å². The second kappa shape index (κ2) is 7.52. The topological polar surface area (TPSA) is 25.4 Å². The van der Waals surface area contributed by atoms with Gasteiger partial charge in [0.05, 0.1) is 12.7 Å². The number of rotatable bonds is 5. The summed E-state index contributed by atoms with van der Waals surface area (Å²) in [6, 6.07) is 14.8. The summed E-state index contributed by atoms with van der Waals surface area (Å²) in [5, 5.41) is 0. The third-order valence-corrected chi connectivity index (χ3v) is 4.42. The van der Waals surface area contributed by atoms with Gasteiger partial charge in [-0.25, -0.2) is 0 Å². The van der Waals surface area contributed by atoms with Crippen LogP contribution in [0.3, 0.4) is 0 Å². The standard InChI is InChI=1S/C19H24N2O/c1-21-12-9-19(22-15-17-7-10-20-11-8-17)18(14-21)13-16-5-3-2-4-6-16/h2-8,10-11,18-19H,9,12-15H2,1H3/t18-,19-/m1/s1. The fraction of sp³-hybridized carbons (Fsp3) is 0.421. The van der Waals surface area contributed by atoms with E-state index >= 15 is 0 Å². The Labute approximate surface area is 132 Å². The van der Waals surface area contributed by atoms with E-state index in [2.05, 4.69) is 47.3 Å². The van der Waals surface area contributed by atoms with Crippen molar-refractivity contribution in [1.29, 1.82) is 0 Å². The summed E-state index contributed by atoms with van der Waals surface area (Å²) < 4.78 is 6.25. The summed E-state index contributed by atoms with van der Waals surface area (Å²) in [7, 11) is 2.21. The summed E-state index contributed by atoms with van der Waals surface area (Å²) in [6.45, 7) is 2.91. The molecule has 0 saturated carbocycles. The van der Waals surface area contributed by atoms with Crippen LogP contribution < -0.4 is 0 Å². The Hall–Kier alpha value is -1.71. The molecule has 1 aromatic carbocycles. The van der Waals surface area contributed by atoms with Gasteiger partial charge in [-0.05, 0) is 43.1 Å². The van der Waals surface area contributed by atoms with Crippen LogP contribution in [0.2, 0.25) is 0 Å². The van der Waals surface area contributed by atoms with Gasteiger partial charge in [-0.1, -0.05) is 30.3 Å². The predicted octanol–water partition coefficient (Wildman–Crippen LogP) is 3.16. The number of benzene rings is 1. The number of likely N-dealkylation sites (tertiary alicyclic amines) is 1. The van der Waals surface area contributed by atoms with Crippen LogP contribution in [0.1, 0.15) is 17.5 Å². The molecule has 1 aliphatic heterocycles. The zero-order valence-electron chi connectivity index (χ0n) is 13.2. The molecule has 3 rings (SSSR count). The van der Waals surface area contributed by atoms with Crippen LogP contribution in [-0.2, 0) is 17.8 Å². The fourth-order valence-electron chi connectivity index (χ4n) is 3.21. The fourth-order valence-corrected chi connectivity index (χ4v) is 3.21. The highest BCUT2D eigenvalue weighted by molar-refractivity contribution is 5.16. The van der Waals surface area contributed by atoms with Crippen LogP contribution in [0.25, 0.3) is 0 Å². The van der Waals surface area contributed by atoms with Gasteiger partial charge in [-0.3, -0.25) is 4.98 Å². The molecule has 1 fully saturated rings. The first kappa shape index (κ1) is 15.2. The molecule has 22 heavy (non-hydrogen) atoms. The van der Waals surface area contributed by atoms with Crippen molar-refractivity contribution in [2.24, 2.45) is 5.92 Å². The second-order valence-corrected chi connectivity index (χ2v) is 6.21. The number of nitrogens with zero attached hydrogens (tertiary/aromatic N) is 2. The lowest BCUT2D eigenvalue weighted by Crippen LogP contribution is -2.43. The molecule has 3 heteroatoms. The maximum absolute atomic E-state index is 6.25. The number of hydrogen-bond acceptors (Lipinski definition) is 3. The van der Waals surface area contributed by atoms with Crippen molar-refractivity contribution >= 4 is 0 Å². The van der Waals surface area contributed by atoms with Crippen molar-refractivity contribution in [3.63, 3.8) is 0 Å². The number of hydrogen-bond donors (Lipinski definition) is 0. The highest BCUT2D eigenvalue weighted by Gasteiger charge is 2.28. The van der Waals surface area contributed by atoms with Crippen molar-refractivity contribution in [2.45, 2.75) is 25.6 Å². The molecule has 3 nitrogen and oxygen atoms in total. The summed E-state index contributed by atoms with van der Waals surface area (Å²) >= 11 is 0. The minimum absolute atomic E-state index is 0.338. The first-order chi connectivity index (χ1) is 10.8. The molecule has 0 aliphatic carbocycles. The third kappa shape index (κ3) is 4.15. The Morgan fingerprint density at radius 2 is 1.86 bits per heavy atom. The lowest BCUT2D eigenvalue weighted by Gasteiger charge is -2.36. The average molecular weight is 296 g/mol. The largest absolute Gasteiger partial charge is 0.373 e. The van der Waals surface area contributed by atoms with Crippen molar-refractivity contribution in [1.82, 2.24) is 9.88 Å². The van der Waals surface area contributed by atoms with E-state index in [1.54, 1.807) is 0 Å². The van der Waals surface area contributed by atoms with Gasteiger partial charge in [-0.2, -0.15) is 0 Å². The van der Waals surface area contributed by atoms with E-state index < -0.39 is 0 Å². The molecule has 0 spiro atoms. The van der Waals surface area contributed by atoms with Crippen LogP contribution in [0.4, 0.5) is 0 Å². The SMILES string of the molecule is CN1CC[C@@H](OCc2ccncc2)[C@H](Cc2ccccc2)C1. The molecule has 2 aromatic rings. The monoisotopic (exact) mass is 296 g/mol. The molecule has 2 heterocycles. The molecule has 2 atom stereocenters. The molecule has 0 amide bonds. The normalized spacial score (nSPS) is 22.6. The van der Waals surface area contributed by atoms with Crippen molar-refractivity contribution < 1.29 is 4.74 Å². The maximum Gasteiger partial charge on any atom is 0.0721 e. The van der Waals surface area contributed by atoms with Gasteiger partial charge in [0.15, 0.2) is 0 Å². The van der Waals surface area contributed by atoms with Gasteiger partial charge in [0.1, 0.15) is 0 Å². The number of pyridine rings is 1. The summed E-state index contributed by atoms with van der Waals surface area (Å²) in [5.41, 5.74) is 2.60. The summed E-state index contributed by atoms with van der Waals surface area (Å²) in [6.07, 6.45) is 6.19. The Morgan fingerprint density at radius 3 is 2.64 bits per heavy atom. The highest BCUT2D eigenvalue weighted by Crippen LogP contribution is 2.24. The maximum atomic E-state index is 6.25. The van der Waals surface area contributed by atoms with Crippen LogP contribution in [0.5, 0.6) is 0 Å². The predicted molar refractivity (Wildman–Crippen MR) is 88.6 cm³/mol. The number of aromatic nitrogens is 1. The average Bonchev–Trinajstić information content (AvgIpc) is 2.56. The first-order valence-corrected chi connectivity index (χ1v) is 8.04.